The van der Waals surface area contributed by atoms with Gasteiger partial charge in [0, 0.05) is 18.0 Å². The highest BCUT2D eigenvalue weighted by Gasteiger charge is 2.37. The third-order valence-electron chi connectivity index (χ3n) is 3.71. The second-order valence-electron chi connectivity index (χ2n) is 5.48. The molecule has 0 bridgehead atoms. The van der Waals surface area contributed by atoms with E-state index in [0.29, 0.717) is 11.8 Å². The summed E-state index contributed by atoms with van der Waals surface area (Å²) < 4.78 is 0. The number of aliphatic hydroxyl groups excluding tert-OH is 1. The Morgan fingerprint density at radius 3 is 2.67 bits per heavy atom. The monoisotopic (exact) mass is 211 g/mol. The van der Waals surface area contributed by atoms with Gasteiger partial charge < -0.3 is 10.4 Å². The first kappa shape index (κ1) is 12.7. The van der Waals surface area contributed by atoms with Crippen molar-refractivity contribution in [1.29, 1.82) is 0 Å². The van der Waals surface area contributed by atoms with Gasteiger partial charge in [0.1, 0.15) is 0 Å². The Balaban J connectivity index is 2.57. The van der Waals surface area contributed by atoms with Crippen LogP contribution in [0.15, 0.2) is 12.7 Å². The first-order chi connectivity index (χ1) is 6.97. The van der Waals surface area contributed by atoms with Crippen LogP contribution in [0.3, 0.4) is 0 Å². The lowest BCUT2D eigenvalue weighted by atomic mass is 9.72. The van der Waals surface area contributed by atoms with E-state index in [1.807, 2.05) is 6.08 Å². The van der Waals surface area contributed by atoms with Gasteiger partial charge in [-0.15, -0.1) is 6.58 Å². The molecule has 1 saturated carbocycles. The van der Waals surface area contributed by atoms with Crippen molar-refractivity contribution in [3.8, 4) is 0 Å². The summed E-state index contributed by atoms with van der Waals surface area (Å²) in [4.78, 5) is 0. The first-order valence-corrected chi connectivity index (χ1v) is 6.01. The molecule has 88 valence electrons. The highest BCUT2D eigenvalue weighted by atomic mass is 16.3. The fraction of sp³-hybridized carbons (Fsp3) is 0.846. The van der Waals surface area contributed by atoms with Crippen LogP contribution in [0, 0.1) is 11.8 Å². The van der Waals surface area contributed by atoms with E-state index >= 15 is 0 Å². The molecule has 0 saturated heterocycles. The van der Waals surface area contributed by atoms with Crippen molar-refractivity contribution in [3.05, 3.63) is 12.7 Å². The Hall–Kier alpha value is -0.340. The van der Waals surface area contributed by atoms with E-state index in [2.05, 4.69) is 32.7 Å². The molecule has 2 heteroatoms. The normalized spacial score (nSPS) is 32.7. The lowest BCUT2D eigenvalue weighted by Gasteiger charge is -2.42. The molecule has 1 rings (SSSR count). The van der Waals surface area contributed by atoms with Crippen LogP contribution in [0.5, 0.6) is 0 Å². The van der Waals surface area contributed by atoms with E-state index in [9.17, 15) is 5.11 Å². The van der Waals surface area contributed by atoms with E-state index in [-0.39, 0.29) is 11.6 Å². The summed E-state index contributed by atoms with van der Waals surface area (Å²) in [7, 11) is 0. The largest absolute Gasteiger partial charge is 0.393 e. The van der Waals surface area contributed by atoms with Crippen LogP contribution in [0.2, 0.25) is 0 Å². The Morgan fingerprint density at radius 2 is 2.13 bits per heavy atom. The second-order valence-corrected chi connectivity index (χ2v) is 5.48. The molecule has 0 radical (unpaired) electrons. The van der Waals surface area contributed by atoms with Crippen molar-refractivity contribution in [1.82, 2.24) is 5.32 Å². The SMILES string of the molecule is C=CCNC(C)(C)[C@@H]1CC[C@@H](C)C[C@H]1O. The summed E-state index contributed by atoms with van der Waals surface area (Å²) in [5.41, 5.74) is 0.00769. The summed E-state index contributed by atoms with van der Waals surface area (Å²) in [6.07, 6.45) is 5.03. The van der Waals surface area contributed by atoms with Gasteiger partial charge in [0.2, 0.25) is 0 Å². The predicted molar refractivity (Wildman–Crippen MR) is 64.8 cm³/mol. The molecule has 1 aliphatic carbocycles. The van der Waals surface area contributed by atoms with Gasteiger partial charge in [0.05, 0.1) is 6.10 Å². The molecule has 15 heavy (non-hydrogen) atoms. The summed E-state index contributed by atoms with van der Waals surface area (Å²) >= 11 is 0. The molecule has 0 unspecified atom stereocenters. The fourth-order valence-corrected chi connectivity index (χ4v) is 2.66. The van der Waals surface area contributed by atoms with E-state index in [1.165, 1.54) is 6.42 Å². The third-order valence-corrected chi connectivity index (χ3v) is 3.71. The number of nitrogens with one attached hydrogen (secondary N) is 1. The standard InChI is InChI=1S/C13H25NO/c1-5-8-14-13(3,4)11-7-6-10(2)9-12(11)15/h5,10-12,14-15H,1,6-9H2,2-4H3/t10-,11-,12-/m1/s1. The van der Waals surface area contributed by atoms with E-state index in [1.54, 1.807) is 0 Å². The second kappa shape index (κ2) is 5.13. The zero-order valence-electron chi connectivity index (χ0n) is 10.3. The number of hydrogen-bond acceptors (Lipinski definition) is 2. The maximum Gasteiger partial charge on any atom is 0.0588 e. The minimum absolute atomic E-state index is 0.00769. The summed E-state index contributed by atoms with van der Waals surface area (Å²) in [5.74, 6) is 1.04. The van der Waals surface area contributed by atoms with Crippen LogP contribution in [-0.4, -0.2) is 23.3 Å². The molecule has 0 aromatic carbocycles. The summed E-state index contributed by atoms with van der Waals surface area (Å²) in [5, 5.41) is 13.6. The Morgan fingerprint density at radius 1 is 1.47 bits per heavy atom. The number of hydrogen-bond donors (Lipinski definition) is 2. The topological polar surface area (TPSA) is 32.3 Å². The van der Waals surface area contributed by atoms with Crippen molar-refractivity contribution in [3.63, 3.8) is 0 Å². The van der Waals surface area contributed by atoms with Crippen molar-refractivity contribution in [2.24, 2.45) is 11.8 Å². The van der Waals surface area contributed by atoms with Crippen LogP contribution in [-0.2, 0) is 0 Å². The quantitative estimate of drug-likeness (QED) is 0.700. The predicted octanol–water partition coefficient (Wildman–Crippen LogP) is 2.34. The Labute approximate surface area is 93.8 Å². The highest BCUT2D eigenvalue weighted by Crippen LogP contribution is 2.35. The van der Waals surface area contributed by atoms with E-state index < -0.39 is 0 Å². The lowest BCUT2D eigenvalue weighted by Crippen LogP contribution is -2.52. The minimum atomic E-state index is -0.152. The molecule has 0 aromatic rings. The summed E-state index contributed by atoms with van der Waals surface area (Å²) in [6.45, 7) is 11.1. The van der Waals surface area contributed by atoms with Crippen molar-refractivity contribution < 1.29 is 5.11 Å². The Kier molecular flexibility index (Phi) is 4.35. The molecule has 3 atom stereocenters. The molecular formula is C13H25NO. The van der Waals surface area contributed by atoms with Crippen LogP contribution in [0.25, 0.3) is 0 Å². The van der Waals surface area contributed by atoms with Crippen molar-refractivity contribution in [2.75, 3.05) is 6.54 Å². The zero-order valence-corrected chi connectivity index (χ0v) is 10.3. The molecule has 0 aromatic heterocycles. The fourth-order valence-electron chi connectivity index (χ4n) is 2.66. The van der Waals surface area contributed by atoms with Gasteiger partial charge in [0.15, 0.2) is 0 Å². The van der Waals surface area contributed by atoms with E-state index in [4.69, 9.17) is 0 Å². The molecule has 0 amide bonds. The molecule has 2 nitrogen and oxygen atoms in total. The first-order valence-electron chi connectivity index (χ1n) is 6.01. The van der Waals surface area contributed by atoms with Crippen molar-refractivity contribution in [2.45, 2.75) is 51.7 Å². The molecule has 1 aliphatic rings. The maximum absolute atomic E-state index is 10.1. The van der Waals surface area contributed by atoms with Gasteiger partial charge >= 0.3 is 0 Å². The molecular weight excluding hydrogens is 186 g/mol. The minimum Gasteiger partial charge on any atom is -0.393 e. The average Bonchev–Trinajstić information content (AvgIpc) is 2.14. The third kappa shape index (κ3) is 3.32. The van der Waals surface area contributed by atoms with Crippen LogP contribution in [0.1, 0.15) is 40.0 Å². The van der Waals surface area contributed by atoms with Gasteiger partial charge in [-0.25, -0.2) is 0 Å². The van der Waals surface area contributed by atoms with E-state index in [0.717, 1.165) is 19.4 Å². The highest BCUT2D eigenvalue weighted by molar-refractivity contribution is 4.94. The lowest BCUT2D eigenvalue weighted by molar-refractivity contribution is 0.00716. The van der Waals surface area contributed by atoms with Crippen LogP contribution >= 0.6 is 0 Å². The molecule has 0 aliphatic heterocycles. The van der Waals surface area contributed by atoms with Gasteiger partial charge in [-0.05, 0) is 32.6 Å². The molecule has 0 heterocycles. The summed E-state index contributed by atoms with van der Waals surface area (Å²) in [6, 6.07) is 0. The van der Waals surface area contributed by atoms with Gasteiger partial charge in [-0.2, -0.15) is 0 Å². The average molecular weight is 211 g/mol. The Bertz CT molecular complexity index is 213. The van der Waals surface area contributed by atoms with Crippen LogP contribution < -0.4 is 5.32 Å². The van der Waals surface area contributed by atoms with Gasteiger partial charge in [0.25, 0.3) is 0 Å². The number of aliphatic hydroxyl groups is 1. The molecule has 1 fully saturated rings. The van der Waals surface area contributed by atoms with Gasteiger partial charge in [-0.3, -0.25) is 0 Å². The van der Waals surface area contributed by atoms with Crippen molar-refractivity contribution >= 4 is 0 Å². The molecule has 0 spiro atoms. The molecule has 2 N–H and O–H groups in total. The number of rotatable bonds is 4. The smallest absolute Gasteiger partial charge is 0.0588 e. The van der Waals surface area contributed by atoms with Crippen LogP contribution in [0.4, 0.5) is 0 Å². The zero-order chi connectivity index (χ0) is 11.5. The van der Waals surface area contributed by atoms with Gasteiger partial charge in [-0.1, -0.05) is 19.4 Å². The maximum atomic E-state index is 10.1.